The molecule has 0 atom stereocenters. The summed E-state index contributed by atoms with van der Waals surface area (Å²) in [5.74, 6) is -0.898. The highest BCUT2D eigenvalue weighted by atomic mass is 79.9. The molecular formula is C12H10BrN3O2S. The van der Waals surface area contributed by atoms with Gasteiger partial charge in [0, 0.05) is 0 Å². The van der Waals surface area contributed by atoms with Crippen molar-refractivity contribution in [2.24, 2.45) is 0 Å². The van der Waals surface area contributed by atoms with Crippen LogP contribution >= 0.6 is 27.7 Å². The minimum Gasteiger partial charge on any atom is -0.480 e. The number of aromatic nitrogens is 2. The molecule has 2 aromatic rings. The van der Waals surface area contributed by atoms with Crippen molar-refractivity contribution >= 4 is 39.3 Å². The summed E-state index contributed by atoms with van der Waals surface area (Å²) >= 11 is 4.53. The molecule has 0 spiro atoms. The number of imidazole rings is 1. The van der Waals surface area contributed by atoms with Gasteiger partial charge in [-0.15, -0.1) is 11.8 Å². The lowest BCUT2D eigenvalue weighted by molar-refractivity contribution is -0.138. The number of rotatable bonds is 3. The number of carboxylic acids is 1. The van der Waals surface area contributed by atoms with Gasteiger partial charge in [-0.25, -0.2) is 4.98 Å². The molecule has 19 heavy (non-hydrogen) atoms. The first-order chi connectivity index (χ1) is 8.86. The van der Waals surface area contributed by atoms with E-state index < -0.39 is 10.7 Å². The van der Waals surface area contributed by atoms with Crippen LogP contribution in [0.4, 0.5) is 0 Å². The molecule has 0 fully saturated rings. The second-order valence-electron chi connectivity index (χ2n) is 4.35. The van der Waals surface area contributed by atoms with E-state index in [1.807, 2.05) is 0 Å². The van der Waals surface area contributed by atoms with Crippen LogP contribution in [0.15, 0.2) is 27.8 Å². The molecule has 0 radical (unpaired) electrons. The summed E-state index contributed by atoms with van der Waals surface area (Å²) in [6.07, 6.45) is 1.59. The van der Waals surface area contributed by atoms with Crippen molar-refractivity contribution in [3.05, 3.63) is 28.6 Å². The summed E-state index contributed by atoms with van der Waals surface area (Å²) in [5.41, 5.74) is 1.02. The Hall–Kier alpha value is -1.52. The maximum absolute atomic E-state index is 11.2. The molecule has 7 heteroatoms. The highest BCUT2D eigenvalue weighted by molar-refractivity contribution is 9.10. The first-order valence-corrected chi connectivity index (χ1v) is 6.96. The third kappa shape index (κ3) is 2.46. The van der Waals surface area contributed by atoms with Gasteiger partial charge in [-0.1, -0.05) is 0 Å². The number of fused-ring (bicyclic) bond motifs is 1. The highest BCUT2D eigenvalue weighted by Gasteiger charge is 2.29. The third-order valence-electron chi connectivity index (χ3n) is 2.57. The van der Waals surface area contributed by atoms with E-state index >= 15 is 0 Å². The van der Waals surface area contributed by atoms with Gasteiger partial charge in [0.2, 0.25) is 0 Å². The van der Waals surface area contributed by atoms with Gasteiger partial charge in [0.25, 0.3) is 0 Å². The Bertz CT molecular complexity index is 703. The highest BCUT2D eigenvalue weighted by Crippen LogP contribution is 2.36. The summed E-state index contributed by atoms with van der Waals surface area (Å²) in [7, 11) is 0. The van der Waals surface area contributed by atoms with Gasteiger partial charge in [0.15, 0.2) is 5.65 Å². The van der Waals surface area contributed by atoms with Crippen molar-refractivity contribution in [3.8, 4) is 6.07 Å². The zero-order valence-corrected chi connectivity index (χ0v) is 12.6. The fourth-order valence-electron chi connectivity index (χ4n) is 1.52. The summed E-state index contributed by atoms with van der Waals surface area (Å²) in [6, 6.07) is 5.45. The fraction of sp³-hybridized carbons (Fsp3) is 0.250. The predicted octanol–water partition coefficient (Wildman–Crippen LogP) is 2.92. The maximum Gasteiger partial charge on any atom is 0.319 e. The Balaban J connectivity index is 2.59. The Morgan fingerprint density at radius 2 is 2.26 bits per heavy atom. The van der Waals surface area contributed by atoms with E-state index in [2.05, 4.69) is 27.0 Å². The topological polar surface area (TPSA) is 78.4 Å². The summed E-state index contributed by atoms with van der Waals surface area (Å²) < 4.78 is 1.35. The standard InChI is InChI=1S/C12H10BrN3O2S/c1-12(2,11(17)18)19-8-4-3-7(5-14)16-9(13)6-15-10(8)16/h3-4,6H,1-2H3,(H,17,18). The van der Waals surface area contributed by atoms with Crippen LogP contribution in [-0.4, -0.2) is 25.2 Å². The molecule has 0 aliphatic carbocycles. The predicted molar refractivity (Wildman–Crippen MR) is 75.2 cm³/mol. The molecule has 0 aliphatic rings. The number of nitrogens with zero attached hydrogens (tertiary/aromatic N) is 3. The quantitative estimate of drug-likeness (QED) is 0.869. The van der Waals surface area contributed by atoms with Crippen LogP contribution in [-0.2, 0) is 4.79 Å². The zero-order valence-electron chi connectivity index (χ0n) is 10.2. The lowest BCUT2D eigenvalue weighted by Gasteiger charge is -2.18. The molecule has 2 rings (SSSR count). The van der Waals surface area contributed by atoms with Crippen molar-refractivity contribution in [1.29, 1.82) is 5.26 Å². The van der Waals surface area contributed by atoms with Crippen molar-refractivity contribution in [1.82, 2.24) is 9.38 Å². The lowest BCUT2D eigenvalue weighted by Crippen LogP contribution is -2.27. The van der Waals surface area contributed by atoms with Crippen LogP contribution in [0, 0.1) is 11.3 Å². The van der Waals surface area contributed by atoms with Gasteiger partial charge < -0.3 is 5.11 Å². The zero-order chi connectivity index (χ0) is 14.2. The Morgan fingerprint density at radius 3 is 2.84 bits per heavy atom. The largest absolute Gasteiger partial charge is 0.480 e. The molecule has 98 valence electrons. The summed E-state index contributed by atoms with van der Waals surface area (Å²) in [4.78, 5) is 16.1. The van der Waals surface area contributed by atoms with E-state index in [0.29, 0.717) is 15.9 Å². The van der Waals surface area contributed by atoms with Gasteiger partial charge in [-0.3, -0.25) is 9.20 Å². The Morgan fingerprint density at radius 1 is 1.58 bits per heavy atom. The summed E-state index contributed by atoms with van der Waals surface area (Å²) in [5, 5.41) is 18.2. The molecule has 0 unspecified atom stereocenters. The Labute approximate surface area is 122 Å². The minimum absolute atomic E-state index is 0.442. The van der Waals surface area contributed by atoms with Crippen LogP contribution in [0.3, 0.4) is 0 Å². The monoisotopic (exact) mass is 339 g/mol. The number of aliphatic carboxylic acids is 1. The SMILES string of the molecule is CC(C)(Sc1ccc(C#N)n2c(Br)cnc12)C(=O)O. The van der Waals surface area contributed by atoms with Crippen molar-refractivity contribution < 1.29 is 9.90 Å². The molecule has 0 saturated carbocycles. The number of thioether (sulfide) groups is 1. The van der Waals surface area contributed by atoms with Crippen LogP contribution in [0.25, 0.3) is 5.65 Å². The van der Waals surface area contributed by atoms with Gasteiger partial charge in [0.1, 0.15) is 21.1 Å². The Kier molecular flexibility index (Phi) is 3.56. The third-order valence-corrected chi connectivity index (χ3v) is 4.35. The molecule has 1 N–H and O–H groups in total. The lowest BCUT2D eigenvalue weighted by atomic mass is 10.2. The minimum atomic E-state index is -0.965. The molecule has 2 heterocycles. The smallest absolute Gasteiger partial charge is 0.319 e. The molecule has 0 amide bonds. The number of nitriles is 1. The van der Waals surface area contributed by atoms with Crippen LogP contribution in [0.5, 0.6) is 0 Å². The van der Waals surface area contributed by atoms with Crippen LogP contribution in [0.2, 0.25) is 0 Å². The second kappa shape index (κ2) is 4.87. The fourth-order valence-corrected chi connectivity index (χ4v) is 2.99. The van der Waals surface area contributed by atoms with Gasteiger partial charge in [0.05, 0.1) is 11.1 Å². The van der Waals surface area contributed by atoms with Crippen molar-refractivity contribution in [2.75, 3.05) is 0 Å². The second-order valence-corrected chi connectivity index (χ2v) is 6.83. The maximum atomic E-state index is 11.2. The van der Waals surface area contributed by atoms with Gasteiger partial charge in [-0.05, 0) is 41.9 Å². The van der Waals surface area contributed by atoms with Crippen LogP contribution < -0.4 is 0 Å². The molecule has 2 aromatic heterocycles. The molecular weight excluding hydrogens is 330 g/mol. The first kappa shape index (κ1) is 13.9. The molecule has 0 saturated heterocycles. The van der Waals surface area contributed by atoms with E-state index in [1.54, 1.807) is 36.6 Å². The van der Waals surface area contributed by atoms with Crippen LogP contribution in [0.1, 0.15) is 19.5 Å². The van der Waals surface area contributed by atoms with Gasteiger partial charge in [-0.2, -0.15) is 5.26 Å². The summed E-state index contributed by atoms with van der Waals surface area (Å²) in [6.45, 7) is 3.26. The number of halogens is 1. The molecule has 0 aromatic carbocycles. The van der Waals surface area contributed by atoms with Crippen molar-refractivity contribution in [2.45, 2.75) is 23.5 Å². The van der Waals surface area contributed by atoms with E-state index in [4.69, 9.17) is 5.26 Å². The molecule has 0 aliphatic heterocycles. The van der Waals surface area contributed by atoms with E-state index in [0.717, 1.165) is 4.90 Å². The number of carboxylic acid groups (broad SMARTS) is 1. The van der Waals surface area contributed by atoms with E-state index in [9.17, 15) is 9.90 Å². The average molecular weight is 340 g/mol. The first-order valence-electron chi connectivity index (χ1n) is 5.35. The van der Waals surface area contributed by atoms with Gasteiger partial charge >= 0.3 is 5.97 Å². The number of pyridine rings is 1. The number of hydrogen-bond acceptors (Lipinski definition) is 4. The van der Waals surface area contributed by atoms with E-state index in [1.165, 1.54) is 11.8 Å². The average Bonchev–Trinajstić information content (AvgIpc) is 2.72. The van der Waals surface area contributed by atoms with Crippen molar-refractivity contribution in [3.63, 3.8) is 0 Å². The normalized spacial score (nSPS) is 11.5. The number of carbonyl (C=O) groups is 1. The molecule has 5 nitrogen and oxygen atoms in total. The molecule has 0 bridgehead atoms. The number of hydrogen-bond donors (Lipinski definition) is 1. The van der Waals surface area contributed by atoms with E-state index in [-0.39, 0.29) is 0 Å².